The lowest BCUT2D eigenvalue weighted by Crippen LogP contribution is -2.50. The molecule has 186 valence electrons. The number of para-hydroxylation sites is 1. The molecule has 0 atom stereocenters. The Kier molecular flexibility index (Phi) is 8.84. The fourth-order valence-electron chi connectivity index (χ4n) is 4.38. The average Bonchev–Trinajstić information content (AvgIpc) is 3.24. The van der Waals surface area contributed by atoms with E-state index < -0.39 is 0 Å². The lowest BCUT2D eigenvalue weighted by molar-refractivity contribution is -0.132. The van der Waals surface area contributed by atoms with Crippen LogP contribution in [-0.2, 0) is 24.3 Å². The van der Waals surface area contributed by atoms with Gasteiger partial charge in [-0.05, 0) is 48.2 Å². The zero-order valence-electron chi connectivity index (χ0n) is 20.4. The van der Waals surface area contributed by atoms with Crippen molar-refractivity contribution in [2.24, 2.45) is 5.92 Å². The first-order valence-corrected chi connectivity index (χ1v) is 12.9. The molecule has 0 aliphatic carbocycles. The van der Waals surface area contributed by atoms with Gasteiger partial charge in [-0.1, -0.05) is 61.3 Å². The second-order valence-electron chi connectivity index (χ2n) is 9.48. The van der Waals surface area contributed by atoms with Crippen molar-refractivity contribution in [2.45, 2.75) is 33.4 Å². The van der Waals surface area contributed by atoms with Crippen LogP contribution in [0.5, 0.6) is 0 Å². The Morgan fingerprint density at radius 3 is 2.43 bits per heavy atom. The van der Waals surface area contributed by atoms with Crippen molar-refractivity contribution < 1.29 is 4.79 Å². The van der Waals surface area contributed by atoms with Gasteiger partial charge in [0.25, 0.3) is 0 Å². The molecule has 0 spiro atoms. The molecule has 8 heteroatoms. The molecular weight excluding hydrogens is 481 g/mol. The van der Waals surface area contributed by atoms with Crippen molar-refractivity contribution in [1.29, 1.82) is 0 Å². The minimum Gasteiger partial charge on any atom is -0.339 e. The summed E-state index contributed by atoms with van der Waals surface area (Å²) in [4.78, 5) is 17.0. The molecule has 1 aliphatic heterocycles. The van der Waals surface area contributed by atoms with Crippen LogP contribution in [0.4, 0.5) is 0 Å². The Morgan fingerprint density at radius 2 is 1.74 bits per heavy atom. The Balaban J connectivity index is 1.26. The van der Waals surface area contributed by atoms with Crippen molar-refractivity contribution >= 4 is 29.1 Å². The third kappa shape index (κ3) is 7.07. The normalized spacial score (nSPS) is 14.6. The first-order valence-electron chi connectivity index (χ1n) is 12.2. The smallest absolute Gasteiger partial charge is 0.236 e. The maximum atomic E-state index is 12.8. The highest BCUT2D eigenvalue weighted by Crippen LogP contribution is 2.23. The lowest BCUT2D eigenvalue weighted by atomic mass is 10.1. The number of benzene rings is 2. The van der Waals surface area contributed by atoms with Crippen LogP contribution in [0.3, 0.4) is 0 Å². The summed E-state index contributed by atoms with van der Waals surface area (Å²) in [5.74, 6) is 0.663. The van der Waals surface area contributed by atoms with E-state index in [4.69, 9.17) is 28.3 Å². The minimum absolute atomic E-state index is 0.129. The third-order valence-electron chi connectivity index (χ3n) is 6.15. The van der Waals surface area contributed by atoms with E-state index in [1.54, 1.807) is 0 Å². The summed E-state index contributed by atoms with van der Waals surface area (Å²) in [6, 6.07) is 18.1. The number of nitrogens with one attached hydrogen (secondary N) is 1. The predicted molar refractivity (Wildman–Crippen MR) is 142 cm³/mol. The number of carbonyl (C=O) groups is 1. The molecule has 1 N–H and O–H groups in total. The number of hydrogen-bond donors (Lipinski definition) is 1. The second kappa shape index (κ2) is 12.0. The van der Waals surface area contributed by atoms with Gasteiger partial charge in [0.1, 0.15) is 0 Å². The van der Waals surface area contributed by atoms with Crippen LogP contribution >= 0.6 is 23.2 Å². The van der Waals surface area contributed by atoms with Crippen LogP contribution in [0.1, 0.15) is 30.8 Å². The number of aromatic nitrogens is 2. The third-order valence-corrected chi connectivity index (χ3v) is 6.89. The topological polar surface area (TPSA) is 53.4 Å². The molecule has 3 aromatic rings. The molecular formula is C27H33Cl2N5O. The number of carbonyl (C=O) groups excluding carboxylic acids is 1. The zero-order chi connectivity index (χ0) is 24.8. The van der Waals surface area contributed by atoms with Gasteiger partial charge in [0.2, 0.25) is 5.91 Å². The summed E-state index contributed by atoms with van der Waals surface area (Å²) in [6.45, 7) is 9.23. The minimum atomic E-state index is 0.129. The number of amides is 1. The molecule has 0 saturated carbocycles. The van der Waals surface area contributed by atoms with E-state index in [1.807, 2.05) is 46.0 Å². The highest BCUT2D eigenvalue weighted by atomic mass is 35.5. The van der Waals surface area contributed by atoms with Crippen LogP contribution in [0.2, 0.25) is 10.0 Å². The number of piperazine rings is 1. The van der Waals surface area contributed by atoms with Crippen molar-refractivity contribution in [3.63, 3.8) is 0 Å². The second-order valence-corrected chi connectivity index (χ2v) is 10.3. The van der Waals surface area contributed by atoms with Gasteiger partial charge in [0.15, 0.2) is 0 Å². The van der Waals surface area contributed by atoms with Crippen LogP contribution in [0, 0.1) is 5.92 Å². The highest BCUT2D eigenvalue weighted by Gasteiger charge is 2.21. The van der Waals surface area contributed by atoms with Gasteiger partial charge in [0, 0.05) is 45.0 Å². The zero-order valence-corrected chi connectivity index (χ0v) is 21.9. The van der Waals surface area contributed by atoms with E-state index in [-0.39, 0.29) is 5.91 Å². The van der Waals surface area contributed by atoms with Gasteiger partial charge in [-0.15, -0.1) is 0 Å². The van der Waals surface area contributed by atoms with Gasteiger partial charge >= 0.3 is 0 Å². The molecule has 2 aromatic carbocycles. The van der Waals surface area contributed by atoms with Gasteiger partial charge in [-0.2, -0.15) is 5.10 Å². The van der Waals surface area contributed by atoms with Gasteiger partial charge in [0.05, 0.1) is 28.0 Å². The molecule has 1 amide bonds. The van der Waals surface area contributed by atoms with E-state index in [2.05, 4.69) is 42.3 Å². The Morgan fingerprint density at radius 1 is 1.00 bits per heavy atom. The summed E-state index contributed by atoms with van der Waals surface area (Å²) >= 11 is 12.2. The molecule has 1 aliphatic rings. The maximum Gasteiger partial charge on any atom is 0.236 e. The average molecular weight is 515 g/mol. The van der Waals surface area contributed by atoms with Gasteiger partial charge < -0.3 is 10.2 Å². The van der Waals surface area contributed by atoms with E-state index in [9.17, 15) is 4.79 Å². The molecule has 0 radical (unpaired) electrons. The molecule has 6 nitrogen and oxygen atoms in total. The van der Waals surface area contributed by atoms with Crippen LogP contribution in [0.15, 0.2) is 54.6 Å². The number of rotatable bonds is 9. The van der Waals surface area contributed by atoms with Crippen molar-refractivity contribution in [2.75, 3.05) is 32.7 Å². The molecule has 1 saturated heterocycles. The molecule has 0 bridgehead atoms. The first kappa shape index (κ1) is 25.7. The number of nitrogens with zero attached hydrogens (tertiary/aromatic N) is 4. The van der Waals surface area contributed by atoms with Crippen molar-refractivity contribution in [3.05, 3.63) is 81.6 Å². The summed E-state index contributed by atoms with van der Waals surface area (Å²) in [5, 5.41) is 9.26. The van der Waals surface area contributed by atoms with Gasteiger partial charge in [-0.3, -0.25) is 9.69 Å². The fourth-order valence-corrected chi connectivity index (χ4v) is 4.70. The quantitative estimate of drug-likeness (QED) is 0.445. The summed E-state index contributed by atoms with van der Waals surface area (Å²) < 4.78 is 2.02. The standard InChI is InChI=1S/C27H33Cl2N5O/c1-20(2)14-24-16-22(31-34(24)23-6-4-3-5-7-23)17-30-18-27(35)33-12-10-32(11-13-33)19-21-8-9-25(28)26(29)15-21/h3-9,15-16,20,30H,10-14,17-19H2,1-2H3. The van der Waals surface area contributed by atoms with Crippen LogP contribution < -0.4 is 5.32 Å². The summed E-state index contributed by atoms with van der Waals surface area (Å²) in [6.07, 6.45) is 0.952. The van der Waals surface area contributed by atoms with Crippen molar-refractivity contribution in [3.8, 4) is 5.69 Å². The maximum absolute atomic E-state index is 12.8. The van der Waals surface area contributed by atoms with Crippen LogP contribution in [0.25, 0.3) is 5.69 Å². The fraction of sp³-hybridized carbons (Fsp3) is 0.407. The van der Waals surface area contributed by atoms with E-state index >= 15 is 0 Å². The number of halogens is 2. The summed E-state index contributed by atoms with van der Waals surface area (Å²) in [5.41, 5.74) is 4.33. The monoisotopic (exact) mass is 513 g/mol. The Labute approximate surface area is 217 Å². The highest BCUT2D eigenvalue weighted by molar-refractivity contribution is 6.42. The molecule has 0 unspecified atom stereocenters. The van der Waals surface area contributed by atoms with Crippen molar-refractivity contribution in [1.82, 2.24) is 24.9 Å². The Bertz CT molecular complexity index is 1120. The Hall–Kier alpha value is -2.38. The van der Waals surface area contributed by atoms with Crippen LogP contribution in [-0.4, -0.2) is 58.2 Å². The predicted octanol–water partition coefficient (Wildman–Crippen LogP) is 4.81. The first-order chi connectivity index (χ1) is 16.9. The van der Waals surface area contributed by atoms with E-state index in [1.165, 1.54) is 5.69 Å². The SMILES string of the molecule is CC(C)Cc1cc(CNCC(=O)N2CCN(Cc3ccc(Cl)c(Cl)c3)CC2)nn1-c1ccccc1. The molecule has 2 heterocycles. The molecule has 1 aromatic heterocycles. The lowest BCUT2D eigenvalue weighted by Gasteiger charge is -2.34. The summed E-state index contributed by atoms with van der Waals surface area (Å²) in [7, 11) is 0. The molecule has 4 rings (SSSR count). The molecule has 1 fully saturated rings. The molecule has 35 heavy (non-hydrogen) atoms. The van der Waals surface area contributed by atoms with E-state index in [0.29, 0.717) is 29.1 Å². The van der Waals surface area contributed by atoms with Gasteiger partial charge in [-0.25, -0.2) is 4.68 Å². The largest absolute Gasteiger partial charge is 0.339 e. The van der Waals surface area contributed by atoms with E-state index in [0.717, 1.165) is 56.1 Å². The number of hydrogen-bond acceptors (Lipinski definition) is 4.